The minimum Gasteiger partial charge on any atom is -0.396 e. The van der Waals surface area contributed by atoms with Crippen LogP contribution in [-0.4, -0.2) is 40.6 Å². The maximum Gasteiger partial charge on any atom is 0.228 e. The summed E-state index contributed by atoms with van der Waals surface area (Å²) in [5.41, 5.74) is 0.801. The fourth-order valence-corrected chi connectivity index (χ4v) is 1.66. The van der Waals surface area contributed by atoms with Gasteiger partial charge in [-0.05, 0) is 12.1 Å². The normalized spacial score (nSPS) is 16.2. The van der Waals surface area contributed by atoms with Crippen molar-refractivity contribution >= 4 is 5.91 Å². The first kappa shape index (κ1) is 10.1. The van der Waals surface area contributed by atoms with Crippen molar-refractivity contribution < 1.29 is 9.90 Å². The van der Waals surface area contributed by atoms with Gasteiger partial charge in [-0.1, -0.05) is 6.07 Å². The van der Waals surface area contributed by atoms with Crippen molar-refractivity contribution in [2.45, 2.75) is 6.42 Å². The Kier molecular flexibility index (Phi) is 2.97. The van der Waals surface area contributed by atoms with Gasteiger partial charge >= 0.3 is 0 Å². The number of amides is 1. The lowest BCUT2D eigenvalue weighted by Crippen LogP contribution is -2.51. The highest BCUT2D eigenvalue weighted by Gasteiger charge is 2.29. The van der Waals surface area contributed by atoms with Crippen LogP contribution in [0.25, 0.3) is 0 Å². The highest BCUT2D eigenvalue weighted by molar-refractivity contribution is 5.79. The predicted octanol–water partition coefficient (Wildman–Crippen LogP) is 0.0748. The lowest BCUT2D eigenvalue weighted by Gasteiger charge is -2.38. The van der Waals surface area contributed by atoms with Gasteiger partial charge in [0.2, 0.25) is 5.91 Å². The Hall–Kier alpha value is -1.42. The number of aromatic nitrogens is 1. The number of hydrogen-bond donors (Lipinski definition) is 1. The summed E-state index contributed by atoms with van der Waals surface area (Å²) in [4.78, 5) is 17.5. The average molecular weight is 206 g/mol. The van der Waals surface area contributed by atoms with Gasteiger partial charge in [0.1, 0.15) is 0 Å². The fourth-order valence-electron chi connectivity index (χ4n) is 1.66. The van der Waals surface area contributed by atoms with E-state index in [4.69, 9.17) is 5.11 Å². The van der Waals surface area contributed by atoms with E-state index < -0.39 is 0 Å². The molecule has 2 heterocycles. The van der Waals surface area contributed by atoms with Gasteiger partial charge in [0, 0.05) is 37.5 Å². The molecule has 4 nitrogen and oxygen atoms in total. The summed E-state index contributed by atoms with van der Waals surface area (Å²) < 4.78 is 0. The molecule has 1 aliphatic rings. The van der Waals surface area contributed by atoms with Crippen LogP contribution < -0.4 is 0 Å². The van der Waals surface area contributed by atoms with E-state index in [2.05, 4.69) is 4.98 Å². The van der Waals surface area contributed by atoms with E-state index >= 15 is 0 Å². The van der Waals surface area contributed by atoms with Crippen molar-refractivity contribution in [3.63, 3.8) is 0 Å². The quantitative estimate of drug-likeness (QED) is 0.761. The Balaban J connectivity index is 1.84. The highest BCUT2D eigenvalue weighted by atomic mass is 16.3. The largest absolute Gasteiger partial charge is 0.396 e. The number of hydrogen-bond acceptors (Lipinski definition) is 3. The SMILES string of the molecule is O=C(Cc1ccccn1)N1CC(CO)C1. The van der Waals surface area contributed by atoms with Crippen molar-refractivity contribution in [2.75, 3.05) is 19.7 Å². The van der Waals surface area contributed by atoms with E-state index in [0.29, 0.717) is 19.5 Å². The van der Waals surface area contributed by atoms with E-state index in [-0.39, 0.29) is 18.4 Å². The Morgan fingerprint density at radius 1 is 1.53 bits per heavy atom. The Morgan fingerprint density at radius 3 is 2.93 bits per heavy atom. The van der Waals surface area contributed by atoms with Crippen LogP contribution in [0.3, 0.4) is 0 Å². The minimum atomic E-state index is 0.0957. The van der Waals surface area contributed by atoms with Crippen LogP contribution in [0.2, 0.25) is 0 Å². The molecule has 0 spiro atoms. The van der Waals surface area contributed by atoms with E-state index in [1.807, 2.05) is 18.2 Å². The zero-order valence-corrected chi connectivity index (χ0v) is 8.47. The molecule has 1 aliphatic heterocycles. The Bertz CT molecular complexity index is 334. The maximum absolute atomic E-state index is 11.7. The number of likely N-dealkylation sites (tertiary alicyclic amines) is 1. The fraction of sp³-hybridized carbons (Fsp3) is 0.455. The minimum absolute atomic E-state index is 0.0957. The van der Waals surface area contributed by atoms with Crippen LogP contribution in [0.4, 0.5) is 0 Å². The van der Waals surface area contributed by atoms with Crippen molar-refractivity contribution in [1.82, 2.24) is 9.88 Å². The third kappa shape index (κ3) is 2.33. The lowest BCUT2D eigenvalue weighted by atomic mass is 10.0. The molecule has 0 bridgehead atoms. The molecule has 0 aliphatic carbocycles. The van der Waals surface area contributed by atoms with E-state index in [0.717, 1.165) is 5.69 Å². The number of nitrogens with zero attached hydrogens (tertiary/aromatic N) is 2. The van der Waals surface area contributed by atoms with Crippen LogP contribution in [-0.2, 0) is 11.2 Å². The van der Waals surface area contributed by atoms with Crippen LogP contribution >= 0.6 is 0 Å². The second-order valence-electron chi connectivity index (χ2n) is 3.85. The van der Waals surface area contributed by atoms with Gasteiger partial charge < -0.3 is 10.0 Å². The molecule has 2 rings (SSSR count). The van der Waals surface area contributed by atoms with E-state index in [1.165, 1.54) is 0 Å². The molecule has 1 amide bonds. The van der Waals surface area contributed by atoms with E-state index in [9.17, 15) is 4.79 Å². The van der Waals surface area contributed by atoms with Gasteiger partial charge in [-0.3, -0.25) is 9.78 Å². The van der Waals surface area contributed by atoms with Gasteiger partial charge in [0.15, 0.2) is 0 Å². The molecule has 80 valence electrons. The molecular formula is C11H14N2O2. The number of aliphatic hydroxyl groups excluding tert-OH is 1. The second-order valence-corrected chi connectivity index (χ2v) is 3.85. The third-order valence-corrected chi connectivity index (χ3v) is 2.63. The molecule has 1 aromatic heterocycles. The topological polar surface area (TPSA) is 53.4 Å². The third-order valence-electron chi connectivity index (χ3n) is 2.63. The number of rotatable bonds is 3. The lowest BCUT2D eigenvalue weighted by molar-refractivity contribution is -0.137. The summed E-state index contributed by atoms with van der Waals surface area (Å²) >= 11 is 0. The average Bonchev–Trinajstić information content (AvgIpc) is 2.17. The monoisotopic (exact) mass is 206 g/mol. The van der Waals surface area contributed by atoms with Crippen LogP contribution in [0.15, 0.2) is 24.4 Å². The molecule has 1 fully saturated rings. The van der Waals surface area contributed by atoms with Gasteiger partial charge in [-0.2, -0.15) is 0 Å². The highest BCUT2D eigenvalue weighted by Crippen LogP contribution is 2.15. The maximum atomic E-state index is 11.7. The first-order valence-corrected chi connectivity index (χ1v) is 5.08. The summed E-state index contributed by atoms with van der Waals surface area (Å²) in [6.45, 7) is 1.54. The smallest absolute Gasteiger partial charge is 0.228 e. The van der Waals surface area contributed by atoms with Crippen LogP contribution in [0, 0.1) is 5.92 Å². The van der Waals surface area contributed by atoms with Crippen molar-refractivity contribution in [3.8, 4) is 0 Å². The summed E-state index contributed by atoms with van der Waals surface area (Å²) in [7, 11) is 0. The molecule has 0 unspecified atom stereocenters. The number of aliphatic hydroxyl groups is 1. The molecule has 1 saturated heterocycles. The Morgan fingerprint density at radius 2 is 2.33 bits per heavy atom. The first-order chi connectivity index (χ1) is 7.29. The van der Waals surface area contributed by atoms with Crippen molar-refractivity contribution in [3.05, 3.63) is 30.1 Å². The zero-order valence-electron chi connectivity index (χ0n) is 8.47. The van der Waals surface area contributed by atoms with Crippen molar-refractivity contribution in [2.24, 2.45) is 5.92 Å². The zero-order chi connectivity index (χ0) is 10.7. The van der Waals surface area contributed by atoms with Gasteiger partial charge in [0.25, 0.3) is 0 Å². The predicted molar refractivity (Wildman–Crippen MR) is 55.1 cm³/mol. The molecule has 1 aromatic rings. The molecule has 0 saturated carbocycles. The van der Waals surface area contributed by atoms with Crippen LogP contribution in [0.1, 0.15) is 5.69 Å². The molecule has 1 N–H and O–H groups in total. The van der Waals surface area contributed by atoms with Gasteiger partial charge in [0.05, 0.1) is 6.42 Å². The molecule has 4 heteroatoms. The molecular weight excluding hydrogens is 192 g/mol. The summed E-state index contributed by atoms with van der Waals surface area (Å²) in [6.07, 6.45) is 2.05. The van der Waals surface area contributed by atoms with Gasteiger partial charge in [-0.25, -0.2) is 0 Å². The molecule has 0 aromatic carbocycles. The first-order valence-electron chi connectivity index (χ1n) is 5.08. The number of carbonyl (C=O) groups excluding carboxylic acids is 1. The number of carbonyl (C=O) groups is 1. The summed E-state index contributed by atoms with van der Waals surface area (Å²) in [6, 6.07) is 5.56. The van der Waals surface area contributed by atoms with Crippen molar-refractivity contribution in [1.29, 1.82) is 0 Å². The Labute approximate surface area is 88.6 Å². The van der Waals surface area contributed by atoms with E-state index in [1.54, 1.807) is 11.1 Å². The summed E-state index contributed by atoms with van der Waals surface area (Å²) in [5, 5.41) is 8.83. The molecule has 15 heavy (non-hydrogen) atoms. The number of pyridine rings is 1. The standard InChI is InChI=1S/C11H14N2O2/c14-8-9-6-13(7-9)11(15)5-10-3-1-2-4-12-10/h1-4,9,14H,5-8H2. The second kappa shape index (κ2) is 4.40. The van der Waals surface area contributed by atoms with Gasteiger partial charge in [-0.15, -0.1) is 0 Å². The van der Waals surface area contributed by atoms with Crippen LogP contribution in [0.5, 0.6) is 0 Å². The molecule has 0 atom stereocenters. The summed E-state index contributed by atoms with van der Waals surface area (Å²) in [5.74, 6) is 0.371. The molecule has 0 radical (unpaired) electrons.